The second-order valence-electron chi connectivity index (χ2n) is 7.22. The van der Waals surface area contributed by atoms with Crippen LogP contribution in [-0.4, -0.2) is 41.8 Å². The van der Waals surface area contributed by atoms with E-state index in [4.69, 9.17) is 11.1 Å². The van der Waals surface area contributed by atoms with Crippen molar-refractivity contribution in [1.82, 2.24) is 10.2 Å². The van der Waals surface area contributed by atoms with Crippen LogP contribution in [-0.2, 0) is 4.79 Å². The maximum atomic E-state index is 13.3. The topological polar surface area (TPSA) is 111 Å². The van der Waals surface area contributed by atoms with Crippen molar-refractivity contribution in [2.75, 3.05) is 18.4 Å². The van der Waals surface area contributed by atoms with Gasteiger partial charge in [-0.1, -0.05) is 36.4 Å². The van der Waals surface area contributed by atoms with Gasteiger partial charge in [0.15, 0.2) is 5.96 Å². The summed E-state index contributed by atoms with van der Waals surface area (Å²) < 4.78 is 0. The van der Waals surface area contributed by atoms with Crippen LogP contribution in [0, 0.1) is 5.41 Å². The number of rotatable bonds is 2. The van der Waals surface area contributed by atoms with Crippen LogP contribution in [0.3, 0.4) is 0 Å². The molecule has 0 aromatic heterocycles. The maximum Gasteiger partial charge on any atom is 0.255 e. The number of piperidine rings is 1. The molecule has 1 atom stereocenters. The molecule has 28 heavy (non-hydrogen) atoms. The third kappa shape index (κ3) is 3.31. The first-order chi connectivity index (χ1) is 13.5. The van der Waals surface area contributed by atoms with E-state index in [1.54, 1.807) is 12.1 Å². The summed E-state index contributed by atoms with van der Waals surface area (Å²) in [7, 11) is 0. The number of nitrogens with one attached hydrogen (secondary N) is 3. The zero-order valence-electron chi connectivity index (χ0n) is 15.4. The third-order valence-electron chi connectivity index (χ3n) is 5.48. The van der Waals surface area contributed by atoms with E-state index in [1.165, 1.54) is 0 Å². The normalized spacial score (nSPS) is 19.1. The Morgan fingerprint density at radius 3 is 2.43 bits per heavy atom. The number of guanidine groups is 1. The third-order valence-corrected chi connectivity index (χ3v) is 5.48. The van der Waals surface area contributed by atoms with E-state index in [-0.39, 0.29) is 23.8 Å². The van der Waals surface area contributed by atoms with Gasteiger partial charge >= 0.3 is 0 Å². The summed E-state index contributed by atoms with van der Waals surface area (Å²) in [5.74, 6) is -0.802. The lowest BCUT2D eigenvalue weighted by molar-refractivity contribution is -0.122. The smallest absolute Gasteiger partial charge is 0.255 e. The second-order valence-corrected chi connectivity index (χ2v) is 7.22. The lowest BCUT2D eigenvalue weighted by atomic mass is 9.87. The summed E-state index contributed by atoms with van der Waals surface area (Å²) in [6.07, 6.45) is 1.47. The lowest BCUT2D eigenvalue weighted by Gasteiger charge is -2.33. The number of carbonyl (C=O) groups is 2. The molecule has 0 aliphatic carbocycles. The second kappa shape index (κ2) is 7.34. The number of amides is 2. The van der Waals surface area contributed by atoms with Gasteiger partial charge in [0, 0.05) is 30.4 Å². The molecule has 0 bridgehead atoms. The molecular weight excluding hydrogens is 354 g/mol. The molecule has 2 amide bonds. The summed E-state index contributed by atoms with van der Waals surface area (Å²) in [6.45, 7) is 1.30. The predicted octanol–water partition coefficient (Wildman–Crippen LogP) is 1.86. The summed E-state index contributed by atoms with van der Waals surface area (Å²) in [5, 5.41) is 13.6. The van der Waals surface area contributed by atoms with Gasteiger partial charge in [-0.05, 0) is 36.1 Å². The van der Waals surface area contributed by atoms with Crippen LogP contribution in [0.15, 0.2) is 48.5 Å². The number of likely N-dealkylation sites (tertiary alicyclic amines) is 1. The van der Waals surface area contributed by atoms with E-state index in [2.05, 4.69) is 10.6 Å². The van der Waals surface area contributed by atoms with Crippen molar-refractivity contribution in [2.45, 2.75) is 24.8 Å². The number of nitrogens with zero attached hydrogens (tertiary/aromatic N) is 1. The first-order valence-corrected chi connectivity index (χ1v) is 9.43. The largest absolute Gasteiger partial charge is 0.370 e. The van der Waals surface area contributed by atoms with Crippen molar-refractivity contribution in [2.24, 2.45) is 5.73 Å². The Balaban J connectivity index is 1.63. The molecule has 0 spiro atoms. The number of fused-ring (bicyclic) bond motifs is 2. The Morgan fingerprint density at radius 1 is 1.07 bits per heavy atom. The molecule has 7 heteroatoms. The molecule has 144 valence electrons. The van der Waals surface area contributed by atoms with Crippen LogP contribution in [0.5, 0.6) is 0 Å². The average Bonchev–Trinajstić information content (AvgIpc) is 2.82. The van der Waals surface area contributed by atoms with Gasteiger partial charge in [-0.25, -0.2) is 0 Å². The number of hydrogen-bond acceptors (Lipinski definition) is 3. The van der Waals surface area contributed by atoms with Gasteiger partial charge in [-0.2, -0.15) is 0 Å². The highest BCUT2D eigenvalue weighted by molar-refractivity contribution is 6.09. The highest BCUT2D eigenvalue weighted by Crippen LogP contribution is 2.36. The molecule has 0 saturated carbocycles. The summed E-state index contributed by atoms with van der Waals surface area (Å²) in [5.41, 5.74) is 8.23. The molecule has 0 radical (unpaired) electrons. The molecule has 2 aromatic rings. The summed E-state index contributed by atoms with van der Waals surface area (Å²) >= 11 is 0. The Labute approximate surface area is 163 Å². The number of anilines is 1. The zero-order chi connectivity index (χ0) is 19.7. The number of para-hydroxylation sites is 1. The molecule has 2 aliphatic rings. The fourth-order valence-corrected chi connectivity index (χ4v) is 4.01. The van der Waals surface area contributed by atoms with Crippen molar-refractivity contribution in [3.8, 4) is 0 Å². The number of carbonyl (C=O) groups excluding carboxylic acids is 2. The van der Waals surface area contributed by atoms with Gasteiger partial charge in [0.25, 0.3) is 5.91 Å². The molecule has 2 heterocycles. The fraction of sp³-hybridized carbons (Fsp3) is 0.286. The highest BCUT2D eigenvalue weighted by Gasteiger charge is 2.33. The fourth-order valence-electron chi connectivity index (χ4n) is 4.01. The average molecular weight is 377 g/mol. The molecule has 1 saturated heterocycles. The van der Waals surface area contributed by atoms with Crippen LogP contribution < -0.4 is 16.4 Å². The Kier molecular flexibility index (Phi) is 4.73. The van der Waals surface area contributed by atoms with Crippen LogP contribution in [0.2, 0.25) is 0 Å². The van der Waals surface area contributed by atoms with E-state index < -0.39 is 5.92 Å². The molecule has 1 unspecified atom stereocenters. The van der Waals surface area contributed by atoms with Gasteiger partial charge in [0.1, 0.15) is 0 Å². The highest BCUT2D eigenvalue weighted by atomic mass is 16.2. The van der Waals surface area contributed by atoms with Crippen LogP contribution in [0.25, 0.3) is 0 Å². The first-order valence-electron chi connectivity index (χ1n) is 9.43. The van der Waals surface area contributed by atoms with Crippen molar-refractivity contribution < 1.29 is 9.59 Å². The minimum atomic E-state index is -0.558. The standard InChI is InChI=1S/C21H23N5O2/c22-21(23)26-11-9-13(10-12-26)24-20(28)18-14-5-1-2-6-15(14)19(27)25-17-8-4-3-7-16(17)18/h1-8,13,18H,9-12H2,(H3,22,23)(H,24,28)(H,25,27). The van der Waals surface area contributed by atoms with Crippen molar-refractivity contribution in [1.29, 1.82) is 5.41 Å². The number of benzene rings is 2. The molecule has 5 N–H and O–H groups in total. The van der Waals surface area contributed by atoms with Crippen molar-refractivity contribution in [3.63, 3.8) is 0 Å². The van der Waals surface area contributed by atoms with Crippen LogP contribution >= 0.6 is 0 Å². The Hall–Kier alpha value is -3.35. The predicted molar refractivity (Wildman–Crippen MR) is 107 cm³/mol. The van der Waals surface area contributed by atoms with Gasteiger partial charge in [-0.15, -0.1) is 0 Å². The van der Waals surface area contributed by atoms with Gasteiger partial charge in [0.05, 0.1) is 5.92 Å². The van der Waals surface area contributed by atoms with E-state index in [9.17, 15) is 9.59 Å². The Bertz CT molecular complexity index is 934. The molecule has 7 nitrogen and oxygen atoms in total. The van der Waals surface area contributed by atoms with E-state index in [0.29, 0.717) is 29.9 Å². The molecule has 2 aliphatic heterocycles. The summed E-state index contributed by atoms with van der Waals surface area (Å²) in [6, 6.07) is 14.7. The number of hydrogen-bond donors (Lipinski definition) is 4. The summed E-state index contributed by atoms with van der Waals surface area (Å²) in [4.78, 5) is 27.8. The Morgan fingerprint density at radius 2 is 1.71 bits per heavy atom. The molecule has 1 fully saturated rings. The molecule has 2 aromatic carbocycles. The van der Waals surface area contributed by atoms with E-state index in [1.807, 2.05) is 41.3 Å². The number of nitrogens with two attached hydrogens (primary N) is 1. The minimum absolute atomic E-state index is 0.0225. The van der Waals surface area contributed by atoms with Crippen LogP contribution in [0.1, 0.15) is 40.2 Å². The SMILES string of the molecule is N=C(N)N1CCC(NC(=O)C2c3ccccc3NC(=O)c3ccccc32)CC1. The van der Waals surface area contributed by atoms with Crippen LogP contribution in [0.4, 0.5) is 5.69 Å². The maximum absolute atomic E-state index is 13.3. The van der Waals surface area contributed by atoms with Gasteiger partial charge in [0.2, 0.25) is 5.91 Å². The van der Waals surface area contributed by atoms with Gasteiger partial charge < -0.3 is 21.3 Å². The van der Waals surface area contributed by atoms with E-state index >= 15 is 0 Å². The minimum Gasteiger partial charge on any atom is -0.370 e. The monoisotopic (exact) mass is 377 g/mol. The van der Waals surface area contributed by atoms with Gasteiger partial charge in [-0.3, -0.25) is 15.0 Å². The quantitative estimate of drug-likeness (QED) is 0.473. The van der Waals surface area contributed by atoms with E-state index in [0.717, 1.165) is 18.4 Å². The van der Waals surface area contributed by atoms with Crippen molar-refractivity contribution >= 4 is 23.5 Å². The lowest BCUT2D eigenvalue weighted by Crippen LogP contribution is -2.49. The molecular formula is C21H23N5O2. The molecule has 4 rings (SSSR count). The zero-order valence-corrected chi connectivity index (χ0v) is 15.4. The van der Waals surface area contributed by atoms with Crippen molar-refractivity contribution in [3.05, 3.63) is 65.2 Å². The first kappa shape index (κ1) is 18.0.